The lowest BCUT2D eigenvalue weighted by Crippen LogP contribution is -2.13. The van der Waals surface area contributed by atoms with Gasteiger partial charge in [0.15, 0.2) is 0 Å². The van der Waals surface area contributed by atoms with E-state index in [2.05, 4.69) is 37.2 Å². The van der Waals surface area contributed by atoms with Crippen LogP contribution in [0.1, 0.15) is 21.5 Å². The molecule has 1 amide bonds. The van der Waals surface area contributed by atoms with Crippen LogP contribution in [-0.2, 0) is 5.33 Å². The average molecular weight is 383 g/mol. The molecule has 2 aromatic rings. The van der Waals surface area contributed by atoms with Gasteiger partial charge in [-0.15, -0.1) is 0 Å². The second-order valence-electron chi connectivity index (χ2n) is 4.21. The predicted molar refractivity (Wildman–Crippen MR) is 85.9 cm³/mol. The van der Waals surface area contributed by atoms with E-state index in [1.807, 2.05) is 49.4 Å². The number of carbonyl (C=O) groups is 1. The first-order valence-electron chi connectivity index (χ1n) is 5.83. The molecule has 0 saturated carbocycles. The van der Waals surface area contributed by atoms with Crippen molar-refractivity contribution in [2.45, 2.75) is 12.3 Å². The molecule has 98 valence electrons. The molecule has 0 aliphatic carbocycles. The molecule has 0 spiro atoms. The summed E-state index contributed by atoms with van der Waals surface area (Å²) in [5.41, 5.74) is 3.64. The third-order valence-corrected chi connectivity index (χ3v) is 4.30. The van der Waals surface area contributed by atoms with Crippen molar-refractivity contribution in [1.29, 1.82) is 0 Å². The highest BCUT2D eigenvalue weighted by atomic mass is 79.9. The Bertz CT molecular complexity index is 611. The van der Waals surface area contributed by atoms with Crippen LogP contribution in [0.3, 0.4) is 0 Å². The fourth-order valence-electron chi connectivity index (χ4n) is 1.69. The van der Waals surface area contributed by atoms with Crippen LogP contribution in [0, 0.1) is 6.92 Å². The zero-order chi connectivity index (χ0) is 13.8. The molecule has 0 unspecified atom stereocenters. The lowest BCUT2D eigenvalue weighted by Gasteiger charge is -2.10. The molecule has 2 nitrogen and oxygen atoms in total. The van der Waals surface area contributed by atoms with Crippen LogP contribution in [0.25, 0.3) is 0 Å². The molecular formula is C15H13Br2NO. The summed E-state index contributed by atoms with van der Waals surface area (Å²) in [4.78, 5) is 12.2. The first-order chi connectivity index (χ1) is 9.11. The topological polar surface area (TPSA) is 29.1 Å². The van der Waals surface area contributed by atoms with Gasteiger partial charge in [0.2, 0.25) is 0 Å². The van der Waals surface area contributed by atoms with Gasteiger partial charge in [0, 0.05) is 21.1 Å². The summed E-state index contributed by atoms with van der Waals surface area (Å²) in [6.45, 7) is 1.99. The summed E-state index contributed by atoms with van der Waals surface area (Å²) in [6.07, 6.45) is 0. The summed E-state index contributed by atoms with van der Waals surface area (Å²) in [6, 6.07) is 13.3. The molecule has 0 aliphatic rings. The number of hydrogen-bond donors (Lipinski definition) is 1. The number of amides is 1. The number of hydrogen-bond acceptors (Lipinski definition) is 1. The Morgan fingerprint density at radius 2 is 1.95 bits per heavy atom. The lowest BCUT2D eigenvalue weighted by atomic mass is 10.1. The maximum Gasteiger partial charge on any atom is 0.255 e. The molecule has 4 heteroatoms. The van der Waals surface area contributed by atoms with Gasteiger partial charge >= 0.3 is 0 Å². The molecule has 0 saturated heterocycles. The van der Waals surface area contributed by atoms with E-state index in [-0.39, 0.29) is 5.91 Å². The van der Waals surface area contributed by atoms with E-state index < -0.39 is 0 Å². The molecule has 0 heterocycles. The maximum absolute atomic E-state index is 12.2. The number of carbonyl (C=O) groups excluding carboxylic acids is 1. The Labute approximate surface area is 129 Å². The zero-order valence-electron chi connectivity index (χ0n) is 10.4. The highest BCUT2D eigenvalue weighted by Gasteiger charge is 2.09. The van der Waals surface area contributed by atoms with E-state index in [0.717, 1.165) is 21.3 Å². The second-order valence-corrected chi connectivity index (χ2v) is 5.62. The summed E-state index contributed by atoms with van der Waals surface area (Å²) in [5, 5.41) is 3.64. The molecule has 0 aliphatic heterocycles. The van der Waals surface area contributed by atoms with Crippen LogP contribution < -0.4 is 5.32 Å². The van der Waals surface area contributed by atoms with Gasteiger partial charge in [-0.1, -0.05) is 56.1 Å². The van der Waals surface area contributed by atoms with Gasteiger partial charge in [-0.3, -0.25) is 4.79 Å². The average Bonchev–Trinajstić information content (AvgIpc) is 2.42. The maximum atomic E-state index is 12.2. The minimum atomic E-state index is -0.103. The SMILES string of the molecule is Cc1ccc(C(=O)Nc2ccccc2CBr)cc1Br. The predicted octanol–water partition coefficient (Wildman–Crippen LogP) is 4.90. The smallest absolute Gasteiger partial charge is 0.255 e. The van der Waals surface area contributed by atoms with Crippen molar-refractivity contribution in [1.82, 2.24) is 0 Å². The largest absolute Gasteiger partial charge is 0.322 e. The number of aryl methyl sites for hydroxylation is 1. The monoisotopic (exact) mass is 381 g/mol. The van der Waals surface area contributed by atoms with Crippen molar-refractivity contribution in [2.24, 2.45) is 0 Å². The molecule has 0 radical (unpaired) electrons. The number of anilines is 1. The van der Waals surface area contributed by atoms with E-state index in [0.29, 0.717) is 10.9 Å². The second kappa shape index (κ2) is 6.35. The van der Waals surface area contributed by atoms with Gasteiger partial charge in [-0.05, 0) is 36.2 Å². The van der Waals surface area contributed by atoms with Crippen LogP contribution in [-0.4, -0.2) is 5.91 Å². The van der Waals surface area contributed by atoms with E-state index in [9.17, 15) is 4.79 Å². The Morgan fingerprint density at radius 1 is 1.21 bits per heavy atom. The molecule has 2 rings (SSSR count). The van der Waals surface area contributed by atoms with Crippen molar-refractivity contribution in [2.75, 3.05) is 5.32 Å². The Morgan fingerprint density at radius 3 is 2.63 bits per heavy atom. The Kier molecular flexibility index (Phi) is 4.77. The van der Waals surface area contributed by atoms with Crippen molar-refractivity contribution in [3.63, 3.8) is 0 Å². The molecule has 0 fully saturated rings. The van der Waals surface area contributed by atoms with Crippen LogP contribution in [0.5, 0.6) is 0 Å². The number of para-hydroxylation sites is 1. The highest BCUT2D eigenvalue weighted by Crippen LogP contribution is 2.21. The minimum absolute atomic E-state index is 0.103. The fraction of sp³-hybridized carbons (Fsp3) is 0.133. The summed E-state index contributed by atoms with van der Waals surface area (Å²) in [7, 11) is 0. The van der Waals surface area contributed by atoms with Gasteiger partial charge in [0.05, 0.1) is 0 Å². The van der Waals surface area contributed by atoms with Gasteiger partial charge in [0.1, 0.15) is 0 Å². The third kappa shape index (κ3) is 3.45. The van der Waals surface area contributed by atoms with Crippen LogP contribution >= 0.6 is 31.9 Å². The summed E-state index contributed by atoms with van der Waals surface area (Å²) >= 11 is 6.86. The van der Waals surface area contributed by atoms with Crippen molar-refractivity contribution >= 4 is 43.5 Å². The van der Waals surface area contributed by atoms with Crippen LogP contribution in [0.4, 0.5) is 5.69 Å². The number of halogens is 2. The minimum Gasteiger partial charge on any atom is -0.322 e. The number of nitrogens with one attached hydrogen (secondary N) is 1. The van der Waals surface area contributed by atoms with E-state index >= 15 is 0 Å². The normalized spacial score (nSPS) is 10.3. The van der Waals surface area contributed by atoms with Crippen molar-refractivity contribution in [3.8, 4) is 0 Å². The van der Waals surface area contributed by atoms with Crippen LogP contribution in [0.15, 0.2) is 46.9 Å². The van der Waals surface area contributed by atoms with E-state index in [1.165, 1.54) is 0 Å². The fourth-order valence-corrected chi connectivity index (χ4v) is 2.56. The molecule has 0 bridgehead atoms. The number of alkyl halides is 1. The van der Waals surface area contributed by atoms with E-state index in [4.69, 9.17) is 0 Å². The van der Waals surface area contributed by atoms with Gasteiger partial charge in [0.25, 0.3) is 5.91 Å². The Balaban J connectivity index is 2.23. The lowest BCUT2D eigenvalue weighted by molar-refractivity contribution is 0.102. The van der Waals surface area contributed by atoms with Gasteiger partial charge in [-0.2, -0.15) is 0 Å². The zero-order valence-corrected chi connectivity index (χ0v) is 13.6. The van der Waals surface area contributed by atoms with Crippen molar-refractivity contribution in [3.05, 3.63) is 63.6 Å². The van der Waals surface area contributed by atoms with Gasteiger partial charge in [-0.25, -0.2) is 0 Å². The number of rotatable bonds is 3. The standard InChI is InChI=1S/C15H13Br2NO/c1-10-6-7-11(8-13(10)17)15(19)18-14-5-3-2-4-12(14)9-16/h2-8H,9H2,1H3,(H,18,19). The quantitative estimate of drug-likeness (QED) is 0.751. The third-order valence-electron chi connectivity index (χ3n) is 2.84. The van der Waals surface area contributed by atoms with E-state index in [1.54, 1.807) is 0 Å². The molecular weight excluding hydrogens is 370 g/mol. The van der Waals surface area contributed by atoms with Crippen molar-refractivity contribution < 1.29 is 4.79 Å². The Hall–Kier alpha value is -1.13. The van der Waals surface area contributed by atoms with Crippen LogP contribution in [0.2, 0.25) is 0 Å². The summed E-state index contributed by atoms with van der Waals surface area (Å²) < 4.78 is 0.939. The molecule has 1 N–H and O–H groups in total. The first kappa shape index (κ1) is 14.3. The van der Waals surface area contributed by atoms with Gasteiger partial charge < -0.3 is 5.32 Å². The summed E-state index contributed by atoms with van der Waals surface area (Å²) in [5.74, 6) is -0.103. The first-order valence-corrected chi connectivity index (χ1v) is 7.74. The molecule has 2 aromatic carbocycles. The number of benzene rings is 2. The molecule has 19 heavy (non-hydrogen) atoms. The molecule has 0 aromatic heterocycles. The highest BCUT2D eigenvalue weighted by molar-refractivity contribution is 9.10. The molecule has 0 atom stereocenters.